The number of aromatic nitrogens is 2. The summed E-state index contributed by atoms with van der Waals surface area (Å²) in [7, 11) is -2.47. The molecule has 1 amide bonds. The topological polar surface area (TPSA) is 99.5 Å². The van der Waals surface area contributed by atoms with Crippen LogP contribution < -0.4 is 14.8 Å². The van der Waals surface area contributed by atoms with E-state index in [-0.39, 0.29) is 21.7 Å². The van der Waals surface area contributed by atoms with Gasteiger partial charge in [-0.1, -0.05) is 42.1 Å². The molecule has 5 rings (SSSR count). The van der Waals surface area contributed by atoms with E-state index < -0.39 is 10.0 Å². The number of ether oxygens (including phenoxy) is 2. The number of nitrogens with one attached hydrogen (secondary N) is 1. The van der Waals surface area contributed by atoms with Gasteiger partial charge in [0, 0.05) is 5.69 Å². The minimum atomic E-state index is -3.98. The smallest absolute Gasteiger partial charge is 0.270 e. The molecule has 192 valence electrons. The van der Waals surface area contributed by atoms with Crippen LogP contribution in [-0.4, -0.2) is 36.1 Å². The van der Waals surface area contributed by atoms with Gasteiger partial charge in [0.25, 0.3) is 10.0 Å². The first-order valence-corrected chi connectivity index (χ1v) is 14.0. The lowest BCUT2D eigenvalue weighted by molar-refractivity contribution is -0.113. The van der Waals surface area contributed by atoms with Crippen LogP contribution in [0.5, 0.6) is 17.2 Å². The van der Waals surface area contributed by atoms with E-state index in [9.17, 15) is 13.2 Å². The number of amides is 1. The Kier molecular flexibility index (Phi) is 7.34. The average Bonchev–Trinajstić information content (AvgIpc) is 3.33. The molecule has 0 saturated carbocycles. The minimum absolute atomic E-state index is 0.0380. The van der Waals surface area contributed by atoms with E-state index in [0.717, 1.165) is 11.8 Å². The van der Waals surface area contributed by atoms with Crippen LogP contribution in [0.3, 0.4) is 0 Å². The van der Waals surface area contributed by atoms with Gasteiger partial charge in [0.2, 0.25) is 5.91 Å². The number of hydrogen-bond donors (Lipinski definition) is 1. The van der Waals surface area contributed by atoms with Crippen LogP contribution in [-0.2, 0) is 14.8 Å². The van der Waals surface area contributed by atoms with Crippen molar-refractivity contribution in [2.45, 2.75) is 10.1 Å². The molecule has 0 aliphatic heterocycles. The number of imidazole rings is 1. The Balaban J connectivity index is 1.31. The summed E-state index contributed by atoms with van der Waals surface area (Å²) in [6.07, 6.45) is 0. The molecule has 0 unspecified atom stereocenters. The monoisotopic (exact) mass is 545 g/mol. The fraction of sp³-hybridized carbons (Fsp3) is 0.0714. The Morgan fingerprint density at radius 1 is 0.842 bits per heavy atom. The number of rotatable bonds is 9. The first-order valence-electron chi connectivity index (χ1n) is 11.6. The highest BCUT2D eigenvalue weighted by molar-refractivity contribution is 8.00. The SMILES string of the molecule is COc1ccc(S(=O)(=O)n2c(SCC(=O)Nc3ccc(Oc4ccccc4)cc3)nc3ccccc32)cc1. The summed E-state index contributed by atoms with van der Waals surface area (Å²) >= 11 is 1.05. The number of benzene rings is 4. The Labute approximate surface area is 224 Å². The highest BCUT2D eigenvalue weighted by atomic mass is 32.2. The number of carbonyl (C=O) groups excluding carboxylic acids is 1. The quantitative estimate of drug-likeness (QED) is 0.234. The summed E-state index contributed by atoms with van der Waals surface area (Å²) in [6, 6.07) is 29.5. The molecule has 0 saturated heterocycles. The maximum atomic E-state index is 13.6. The minimum Gasteiger partial charge on any atom is -0.497 e. The maximum absolute atomic E-state index is 13.6. The Morgan fingerprint density at radius 2 is 1.47 bits per heavy atom. The lowest BCUT2D eigenvalue weighted by atomic mass is 10.3. The third-order valence-electron chi connectivity index (χ3n) is 5.54. The summed E-state index contributed by atoms with van der Waals surface area (Å²) in [6.45, 7) is 0. The largest absolute Gasteiger partial charge is 0.497 e. The van der Waals surface area contributed by atoms with Crippen LogP contribution in [0.2, 0.25) is 0 Å². The van der Waals surface area contributed by atoms with Gasteiger partial charge in [-0.3, -0.25) is 4.79 Å². The summed E-state index contributed by atoms with van der Waals surface area (Å²) in [4.78, 5) is 17.3. The predicted octanol–water partition coefficient (Wildman–Crippen LogP) is 5.81. The van der Waals surface area contributed by atoms with Crippen molar-refractivity contribution in [2.75, 3.05) is 18.2 Å². The zero-order valence-electron chi connectivity index (χ0n) is 20.3. The molecule has 0 bridgehead atoms. The van der Waals surface area contributed by atoms with Gasteiger partial charge in [0.1, 0.15) is 17.2 Å². The summed E-state index contributed by atoms with van der Waals surface area (Å²) in [5.41, 5.74) is 1.54. The summed E-state index contributed by atoms with van der Waals surface area (Å²) in [5, 5.41) is 3.02. The molecule has 8 nitrogen and oxygen atoms in total. The van der Waals surface area contributed by atoms with Crippen molar-refractivity contribution in [1.29, 1.82) is 0 Å². The van der Waals surface area contributed by atoms with Crippen LogP contribution >= 0.6 is 11.8 Å². The molecule has 0 radical (unpaired) electrons. The van der Waals surface area contributed by atoms with Crippen LogP contribution in [0.25, 0.3) is 11.0 Å². The molecule has 0 spiro atoms. The molecule has 38 heavy (non-hydrogen) atoms. The van der Waals surface area contributed by atoms with Crippen molar-refractivity contribution in [2.24, 2.45) is 0 Å². The number of fused-ring (bicyclic) bond motifs is 1. The van der Waals surface area contributed by atoms with Gasteiger partial charge in [0.15, 0.2) is 5.16 Å². The molecule has 1 N–H and O–H groups in total. The predicted molar refractivity (Wildman–Crippen MR) is 148 cm³/mol. The van der Waals surface area contributed by atoms with Crippen LogP contribution in [0, 0.1) is 0 Å². The number of hydrogen-bond acceptors (Lipinski definition) is 7. The van der Waals surface area contributed by atoms with Gasteiger partial charge in [-0.15, -0.1) is 0 Å². The lowest BCUT2D eigenvalue weighted by Crippen LogP contribution is -2.17. The van der Waals surface area contributed by atoms with E-state index in [0.29, 0.717) is 34.0 Å². The maximum Gasteiger partial charge on any atom is 0.270 e. The number of anilines is 1. The third kappa shape index (κ3) is 5.51. The average molecular weight is 546 g/mol. The van der Waals surface area contributed by atoms with Crippen molar-refractivity contribution >= 4 is 44.4 Å². The van der Waals surface area contributed by atoms with Gasteiger partial charge in [0.05, 0.1) is 28.8 Å². The molecule has 0 fully saturated rings. The standard InChI is InChI=1S/C28H23N3O5S2/c1-35-21-15-17-24(18-16-21)38(33,34)31-26-10-6-5-9-25(26)30-28(31)37-19-27(32)29-20-11-13-23(14-12-20)36-22-7-3-2-4-8-22/h2-18H,19H2,1H3,(H,29,32). The van der Waals surface area contributed by atoms with Crippen molar-refractivity contribution in [3.05, 3.63) is 103 Å². The van der Waals surface area contributed by atoms with Crippen molar-refractivity contribution in [3.8, 4) is 17.2 Å². The Morgan fingerprint density at radius 3 is 2.18 bits per heavy atom. The number of thioether (sulfide) groups is 1. The number of nitrogens with zero attached hydrogens (tertiary/aromatic N) is 2. The molecule has 1 aromatic heterocycles. The lowest BCUT2D eigenvalue weighted by Gasteiger charge is -2.11. The number of carbonyl (C=O) groups is 1. The molecule has 1 heterocycles. The number of methoxy groups -OCH3 is 1. The third-order valence-corrected chi connectivity index (χ3v) is 8.31. The van der Waals surface area contributed by atoms with Gasteiger partial charge in [-0.05, 0) is 72.8 Å². The fourth-order valence-electron chi connectivity index (χ4n) is 3.72. The summed E-state index contributed by atoms with van der Waals surface area (Å²) < 4.78 is 39.3. The van der Waals surface area contributed by atoms with Gasteiger partial charge in [-0.2, -0.15) is 0 Å². The van der Waals surface area contributed by atoms with Crippen LogP contribution in [0.15, 0.2) is 113 Å². The van der Waals surface area contributed by atoms with E-state index in [2.05, 4.69) is 10.3 Å². The molecule has 10 heteroatoms. The second-order valence-corrected chi connectivity index (χ2v) is 10.8. The molecule has 0 atom stereocenters. The summed E-state index contributed by atoms with van der Waals surface area (Å²) in [5.74, 6) is 1.57. The molecular weight excluding hydrogens is 522 g/mol. The Hall–Kier alpha value is -4.28. The van der Waals surface area contributed by atoms with Gasteiger partial charge >= 0.3 is 0 Å². The molecule has 5 aromatic rings. The molecular formula is C28H23N3O5S2. The van der Waals surface area contributed by atoms with Crippen LogP contribution in [0.1, 0.15) is 0 Å². The van der Waals surface area contributed by atoms with E-state index in [1.54, 1.807) is 60.7 Å². The zero-order valence-corrected chi connectivity index (χ0v) is 21.9. The molecule has 0 aliphatic carbocycles. The number of para-hydroxylation sites is 3. The van der Waals surface area contributed by atoms with Crippen molar-refractivity contribution in [1.82, 2.24) is 8.96 Å². The van der Waals surface area contributed by atoms with Gasteiger partial charge < -0.3 is 14.8 Å². The first-order chi connectivity index (χ1) is 18.4. The van der Waals surface area contributed by atoms with E-state index in [1.807, 2.05) is 30.3 Å². The van der Waals surface area contributed by atoms with E-state index >= 15 is 0 Å². The van der Waals surface area contributed by atoms with Crippen molar-refractivity contribution in [3.63, 3.8) is 0 Å². The normalized spacial score (nSPS) is 11.3. The highest BCUT2D eigenvalue weighted by Crippen LogP contribution is 2.30. The fourth-order valence-corrected chi connectivity index (χ4v) is 6.23. The zero-order chi connectivity index (χ0) is 26.5. The second kappa shape index (κ2) is 11.0. The van der Waals surface area contributed by atoms with E-state index in [1.165, 1.54) is 23.2 Å². The van der Waals surface area contributed by atoms with Crippen LogP contribution in [0.4, 0.5) is 5.69 Å². The van der Waals surface area contributed by atoms with Gasteiger partial charge in [-0.25, -0.2) is 17.4 Å². The van der Waals surface area contributed by atoms with E-state index in [4.69, 9.17) is 9.47 Å². The molecule has 4 aromatic carbocycles. The Bertz CT molecular complexity index is 1670. The second-order valence-electron chi connectivity index (χ2n) is 8.10. The first kappa shape index (κ1) is 25.4. The highest BCUT2D eigenvalue weighted by Gasteiger charge is 2.25. The van der Waals surface area contributed by atoms with Crippen molar-refractivity contribution < 1.29 is 22.7 Å². The molecule has 0 aliphatic rings.